The summed E-state index contributed by atoms with van der Waals surface area (Å²) >= 11 is 0. The van der Waals surface area contributed by atoms with Crippen molar-refractivity contribution in [2.24, 2.45) is 11.1 Å². The van der Waals surface area contributed by atoms with Crippen molar-refractivity contribution < 1.29 is 4.39 Å². The second kappa shape index (κ2) is 4.54. The van der Waals surface area contributed by atoms with Crippen LogP contribution >= 0.6 is 0 Å². The molecule has 0 saturated carbocycles. The Hall–Kier alpha value is -0.890. The van der Waals surface area contributed by atoms with E-state index in [1.54, 1.807) is 13.8 Å². The fraction of sp³-hybridized carbons (Fsp3) is 0.571. The van der Waals surface area contributed by atoms with E-state index in [1.807, 2.05) is 12.1 Å². The van der Waals surface area contributed by atoms with E-state index in [0.29, 0.717) is 11.1 Å². The monoisotopic (exact) mass is 223 g/mol. The lowest BCUT2D eigenvalue weighted by atomic mass is 9.85. The van der Waals surface area contributed by atoms with E-state index in [0.717, 1.165) is 12.0 Å². The van der Waals surface area contributed by atoms with Crippen molar-refractivity contribution in [3.8, 4) is 0 Å². The molecule has 1 nitrogen and oxygen atoms in total. The van der Waals surface area contributed by atoms with E-state index in [4.69, 9.17) is 5.73 Å². The average molecular weight is 223 g/mol. The minimum atomic E-state index is -0.119. The number of hydrogen-bond acceptors (Lipinski definition) is 1. The maximum atomic E-state index is 13.5. The first-order valence-corrected chi connectivity index (χ1v) is 5.73. The molecule has 0 aromatic heterocycles. The van der Waals surface area contributed by atoms with Gasteiger partial charge in [0.15, 0.2) is 0 Å². The van der Waals surface area contributed by atoms with Crippen molar-refractivity contribution in [1.29, 1.82) is 0 Å². The standard InChI is InChI=1S/C14H22FN/c1-9-6-11(7-10(2)13(9)15)12(16)8-14(3,4)5/h6-7,12H,8,16H2,1-5H3. The van der Waals surface area contributed by atoms with E-state index in [2.05, 4.69) is 20.8 Å². The molecular weight excluding hydrogens is 201 g/mol. The Morgan fingerprint density at radius 2 is 1.62 bits per heavy atom. The van der Waals surface area contributed by atoms with E-state index in [9.17, 15) is 4.39 Å². The van der Waals surface area contributed by atoms with Crippen LogP contribution in [0.5, 0.6) is 0 Å². The fourth-order valence-electron chi connectivity index (χ4n) is 1.97. The van der Waals surface area contributed by atoms with Gasteiger partial charge in [-0.25, -0.2) is 4.39 Å². The Morgan fingerprint density at radius 3 is 2.00 bits per heavy atom. The maximum Gasteiger partial charge on any atom is 0.129 e. The first kappa shape index (κ1) is 13.2. The lowest BCUT2D eigenvalue weighted by Crippen LogP contribution is -2.19. The Kier molecular flexibility index (Phi) is 3.74. The Morgan fingerprint density at radius 1 is 1.19 bits per heavy atom. The minimum Gasteiger partial charge on any atom is -0.324 e. The fourth-order valence-corrected chi connectivity index (χ4v) is 1.97. The van der Waals surface area contributed by atoms with Crippen molar-refractivity contribution in [2.75, 3.05) is 0 Å². The Labute approximate surface area is 97.9 Å². The molecule has 0 aliphatic rings. The summed E-state index contributed by atoms with van der Waals surface area (Å²) in [6.07, 6.45) is 0.900. The number of benzene rings is 1. The van der Waals surface area contributed by atoms with E-state index >= 15 is 0 Å². The molecular formula is C14H22FN. The summed E-state index contributed by atoms with van der Waals surface area (Å²) in [5, 5.41) is 0. The highest BCUT2D eigenvalue weighted by atomic mass is 19.1. The van der Waals surface area contributed by atoms with Crippen LogP contribution in [0.2, 0.25) is 0 Å². The molecule has 1 aromatic carbocycles. The molecule has 1 unspecified atom stereocenters. The smallest absolute Gasteiger partial charge is 0.129 e. The van der Waals surface area contributed by atoms with Gasteiger partial charge in [0.2, 0.25) is 0 Å². The molecule has 16 heavy (non-hydrogen) atoms. The minimum absolute atomic E-state index is 0.0157. The molecule has 0 heterocycles. The highest BCUT2D eigenvalue weighted by molar-refractivity contribution is 5.32. The summed E-state index contributed by atoms with van der Waals surface area (Å²) in [5.74, 6) is -0.119. The van der Waals surface area contributed by atoms with Gasteiger partial charge in [-0.15, -0.1) is 0 Å². The molecule has 0 amide bonds. The maximum absolute atomic E-state index is 13.5. The SMILES string of the molecule is Cc1cc(C(N)CC(C)(C)C)cc(C)c1F. The van der Waals surface area contributed by atoms with Crippen molar-refractivity contribution in [3.05, 3.63) is 34.6 Å². The van der Waals surface area contributed by atoms with Gasteiger partial charge in [0.25, 0.3) is 0 Å². The van der Waals surface area contributed by atoms with Crippen molar-refractivity contribution >= 4 is 0 Å². The van der Waals surface area contributed by atoms with E-state index in [-0.39, 0.29) is 17.3 Å². The molecule has 2 heteroatoms. The zero-order valence-corrected chi connectivity index (χ0v) is 10.9. The lowest BCUT2D eigenvalue weighted by Gasteiger charge is -2.24. The van der Waals surface area contributed by atoms with Crippen LogP contribution in [0.15, 0.2) is 12.1 Å². The first-order valence-electron chi connectivity index (χ1n) is 5.73. The van der Waals surface area contributed by atoms with Crippen LogP contribution in [0.4, 0.5) is 4.39 Å². The van der Waals surface area contributed by atoms with E-state index < -0.39 is 0 Å². The van der Waals surface area contributed by atoms with Gasteiger partial charge >= 0.3 is 0 Å². The zero-order valence-electron chi connectivity index (χ0n) is 10.9. The Bertz CT molecular complexity index is 354. The van der Waals surface area contributed by atoms with Crippen LogP contribution in [0, 0.1) is 25.1 Å². The molecule has 0 aliphatic carbocycles. The third-order valence-electron chi connectivity index (χ3n) is 2.72. The summed E-state index contributed by atoms with van der Waals surface area (Å²) < 4.78 is 13.5. The quantitative estimate of drug-likeness (QED) is 0.809. The Balaban J connectivity index is 2.97. The predicted molar refractivity (Wildman–Crippen MR) is 66.9 cm³/mol. The van der Waals surface area contributed by atoms with Crippen molar-refractivity contribution in [3.63, 3.8) is 0 Å². The molecule has 0 saturated heterocycles. The summed E-state index contributed by atoms with van der Waals surface area (Å²) in [6, 6.07) is 3.70. The molecule has 90 valence electrons. The third-order valence-corrected chi connectivity index (χ3v) is 2.72. The number of aryl methyl sites for hydroxylation is 2. The normalized spacial score (nSPS) is 13.9. The second-order valence-corrected chi connectivity index (χ2v) is 5.84. The molecule has 1 atom stereocenters. The summed E-state index contributed by atoms with van der Waals surface area (Å²) in [5.41, 5.74) is 8.73. The molecule has 0 aliphatic heterocycles. The molecule has 0 bridgehead atoms. The molecule has 0 spiro atoms. The van der Waals surface area contributed by atoms with Gasteiger partial charge in [-0.1, -0.05) is 32.9 Å². The summed E-state index contributed by atoms with van der Waals surface area (Å²) in [6.45, 7) is 10.1. The second-order valence-electron chi connectivity index (χ2n) is 5.84. The van der Waals surface area contributed by atoms with Gasteiger partial charge in [0.05, 0.1) is 0 Å². The average Bonchev–Trinajstić information content (AvgIpc) is 2.10. The van der Waals surface area contributed by atoms with Crippen LogP contribution in [-0.2, 0) is 0 Å². The molecule has 1 aromatic rings. The van der Waals surface area contributed by atoms with Gasteiger partial charge in [-0.05, 0) is 42.4 Å². The van der Waals surface area contributed by atoms with Gasteiger partial charge in [-0.3, -0.25) is 0 Å². The first-order chi connectivity index (χ1) is 7.20. The third kappa shape index (κ3) is 3.31. The highest BCUT2D eigenvalue weighted by Crippen LogP contribution is 2.29. The topological polar surface area (TPSA) is 26.0 Å². The number of halogens is 1. The predicted octanol–water partition coefficient (Wildman–Crippen LogP) is 3.88. The van der Waals surface area contributed by atoms with Crippen molar-refractivity contribution in [2.45, 2.75) is 47.1 Å². The number of rotatable bonds is 2. The summed E-state index contributed by atoms with van der Waals surface area (Å²) in [7, 11) is 0. The number of nitrogens with two attached hydrogens (primary N) is 1. The molecule has 1 rings (SSSR count). The van der Waals surface area contributed by atoms with Crippen LogP contribution in [0.25, 0.3) is 0 Å². The lowest BCUT2D eigenvalue weighted by molar-refractivity contribution is 0.342. The van der Waals surface area contributed by atoms with Gasteiger partial charge < -0.3 is 5.73 Å². The highest BCUT2D eigenvalue weighted by Gasteiger charge is 2.18. The van der Waals surface area contributed by atoms with Crippen LogP contribution in [-0.4, -0.2) is 0 Å². The van der Waals surface area contributed by atoms with Gasteiger partial charge in [0, 0.05) is 6.04 Å². The summed E-state index contributed by atoms with van der Waals surface area (Å²) in [4.78, 5) is 0. The molecule has 0 fully saturated rings. The van der Waals surface area contributed by atoms with Gasteiger partial charge in [0.1, 0.15) is 5.82 Å². The van der Waals surface area contributed by atoms with Crippen molar-refractivity contribution in [1.82, 2.24) is 0 Å². The number of hydrogen-bond donors (Lipinski definition) is 1. The van der Waals surface area contributed by atoms with Crippen LogP contribution in [0.3, 0.4) is 0 Å². The van der Waals surface area contributed by atoms with E-state index in [1.165, 1.54) is 0 Å². The zero-order chi connectivity index (χ0) is 12.5. The van der Waals surface area contributed by atoms with Crippen LogP contribution < -0.4 is 5.73 Å². The molecule has 0 radical (unpaired) electrons. The van der Waals surface area contributed by atoms with Crippen LogP contribution in [0.1, 0.15) is 49.9 Å². The van der Waals surface area contributed by atoms with Gasteiger partial charge in [-0.2, -0.15) is 0 Å². The largest absolute Gasteiger partial charge is 0.324 e. The molecule has 2 N–H and O–H groups in total.